The Morgan fingerprint density at radius 1 is 1.12 bits per heavy atom. The van der Waals surface area contributed by atoms with E-state index in [2.05, 4.69) is 41.5 Å². The van der Waals surface area contributed by atoms with Gasteiger partial charge in [0.2, 0.25) is 0 Å². The van der Waals surface area contributed by atoms with Crippen molar-refractivity contribution in [1.29, 1.82) is 0 Å². The van der Waals surface area contributed by atoms with Crippen molar-refractivity contribution in [1.82, 2.24) is 10.3 Å². The number of aromatic nitrogens is 1. The van der Waals surface area contributed by atoms with Crippen molar-refractivity contribution in [3.8, 4) is 11.3 Å². The zero-order valence-electron chi connectivity index (χ0n) is 9.64. The molecule has 0 radical (unpaired) electrons. The Morgan fingerprint density at radius 2 is 2.00 bits per heavy atom. The van der Waals surface area contributed by atoms with Gasteiger partial charge >= 0.3 is 0 Å². The molecule has 0 aliphatic rings. The molecule has 2 nitrogen and oxygen atoms in total. The van der Waals surface area contributed by atoms with Crippen molar-refractivity contribution in [3.05, 3.63) is 54.2 Å². The summed E-state index contributed by atoms with van der Waals surface area (Å²) in [6.07, 6.45) is 1.82. The Kier molecular flexibility index (Phi) is 3.32. The number of rotatable bonds is 3. The highest BCUT2D eigenvalue weighted by molar-refractivity contribution is 5.59. The van der Waals surface area contributed by atoms with Crippen LogP contribution in [0.1, 0.15) is 18.5 Å². The van der Waals surface area contributed by atoms with Crippen LogP contribution in [0.4, 0.5) is 0 Å². The first-order chi connectivity index (χ1) is 7.81. The zero-order chi connectivity index (χ0) is 11.4. The summed E-state index contributed by atoms with van der Waals surface area (Å²) >= 11 is 0. The van der Waals surface area contributed by atoms with Gasteiger partial charge in [0, 0.05) is 17.8 Å². The van der Waals surface area contributed by atoms with Crippen LogP contribution in [0.5, 0.6) is 0 Å². The average molecular weight is 212 g/mol. The highest BCUT2D eigenvalue weighted by atomic mass is 14.8. The largest absolute Gasteiger partial charge is 0.313 e. The molecule has 1 aromatic carbocycles. The van der Waals surface area contributed by atoms with Gasteiger partial charge in [-0.3, -0.25) is 4.98 Å². The van der Waals surface area contributed by atoms with Crippen molar-refractivity contribution in [2.75, 3.05) is 7.05 Å². The minimum absolute atomic E-state index is 0.365. The monoisotopic (exact) mass is 212 g/mol. The lowest BCUT2D eigenvalue weighted by molar-refractivity contribution is 0.652. The molecule has 0 spiro atoms. The highest BCUT2D eigenvalue weighted by Gasteiger charge is 2.04. The molecule has 1 heterocycles. The Hall–Kier alpha value is -1.67. The second kappa shape index (κ2) is 4.90. The molecule has 0 fully saturated rings. The van der Waals surface area contributed by atoms with E-state index in [-0.39, 0.29) is 0 Å². The van der Waals surface area contributed by atoms with Crippen LogP contribution in [0.2, 0.25) is 0 Å². The van der Waals surface area contributed by atoms with Gasteiger partial charge in [-0.1, -0.05) is 24.3 Å². The minimum Gasteiger partial charge on any atom is -0.313 e. The molecule has 1 unspecified atom stereocenters. The van der Waals surface area contributed by atoms with E-state index in [0.717, 1.165) is 5.69 Å². The standard InChI is InChI=1S/C14H16N2/c1-11(15-2)12-6-5-7-13(10-12)14-8-3-4-9-16-14/h3-11,15H,1-2H3. The Labute approximate surface area is 96.4 Å². The molecule has 0 aliphatic carbocycles. The van der Waals surface area contributed by atoms with E-state index in [9.17, 15) is 0 Å². The Bertz CT molecular complexity index is 451. The van der Waals surface area contributed by atoms with Gasteiger partial charge in [0.25, 0.3) is 0 Å². The molecule has 0 aliphatic heterocycles. The molecule has 0 bridgehead atoms. The van der Waals surface area contributed by atoms with Crippen molar-refractivity contribution >= 4 is 0 Å². The molecule has 2 heteroatoms. The second-order valence-corrected chi connectivity index (χ2v) is 3.85. The maximum absolute atomic E-state index is 4.35. The van der Waals surface area contributed by atoms with Gasteiger partial charge in [-0.05, 0) is 37.7 Å². The smallest absolute Gasteiger partial charge is 0.0702 e. The van der Waals surface area contributed by atoms with Crippen molar-refractivity contribution < 1.29 is 0 Å². The number of benzene rings is 1. The van der Waals surface area contributed by atoms with E-state index >= 15 is 0 Å². The minimum atomic E-state index is 0.365. The molecule has 82 valence electrons. The summed E-state index contributed by atoms with van der Waals surface area (Å²) in [6, 6.07) is 14.8. The molecule has 1 N–H and O–H groups in total. The maximum Gasteiger partial charge on any atom is 0.0702 e. The van der Waals surface area contributed by atoms with Gasteiger partial charge in [-0.15, -0.1) is 0 Å². The average Bonchev–Trinajstić information content (AvgIpc) is 2.39. The van der Waals surface area contributed by atoms with E-state index in [4.69, 9.17) is 0 Å². The molecule has 16 heavy (non-hydrogen) atoms. The molecule has 0 saturated heterocycles. The van der Waals surface area contributed by atoms with Crippen LogP contribution in [0.3, 0.4) is 0 Å². The van der Waals surface area contributed by atoms with E-state index < -0.39 is 0 Å². The van der Waals surface area contributed by atoms with Crippen molar-refractivity contribution in [2.45, 2.75) is 13.0 Å². The van der Waals surface area contributed by atoms with Gasteiger partial charge in [-0.25, -0.2) is 0 Å². The first-order valence-corrected chi connectivity index (χ1v) is 5.50. The van der Waals surface area contributed by atoms with Crippen LogP contribution in [0.25, 0.3) is 11.3 Å². The van der Waals surface area contributed by atoms with E-state index in [1.807, 2.05) is 31.4 Å². The summed E-state index contributed by atoms with van der Waals surface area (Å²) < 4.78 is 0. The molecule has 2 rings (SSSR count). The number of nitrogens with zero attached hydrogens (tertiary/aromatic N) is 1. The van der Waals surface area contributed by atoms with Gasteiger partial charge in [-0.2, -0.15) is 0 Å². The van der Waals surface area contributed by atoms with Crippen LogP contribution >= 0.6 is 0 Å². The zero-order valence-corrected chi connectivity index (χ0v) is 9.64. The SMILES string of the molecule is CNC(C)c1cccc(-c2ccccn2)c1. The first kappa shape index (κ1) is 10.8. The number of hydrogen-bond donors (Lipinski definition) is 1. The maximum atomic E-state index is 4.35. The Morgan fingerprint density at radius 3 is 2.69 bits per heavy atom. The molecule has 1 atom stereocenters. The molecule has 2 aromatic rings. The van der Waals surface area contributed by atoms with E-state index in [1.165, 1.54) is 11.1 Å². The van der Waals surface area contributed by atoms with Gasteiger partial charge in [0.15, 0.2) is 0 Å². The lowest BCUT2D eigenvalue weighted by Gasteiger charge is -2.11. The summed E-state index contributed by atoms with van der Waals surface area (Å²) in [5.74, 6) is 0. The fraction of sp³-hybridized carbons (Fsp3) is 0.214. The van der Waals surface area contributed by atoms with Crippen LogP contribution in [-0.4, -0.2) is 12.0 Å². The van der Waals surface area contributed by atoms with Crippen molar-refractivity contribution in [2.24, 2.45) is 0 Å². The van der Waals surface area contributed by atoms with E-state index in [1.54, 1.807) is 0 Å². The molecule has 1 aromatic heterocycles. The van der Waals surface area contributed by atoms with Gasteiger partial charge < -0.3 is 5.32 Å². The van der Waals surface area contributed by atoms with Crippen LogP contribution < -0.4 is 5.32 Å². The number of nitrogens with one attached hydrogen (secondary N) is 1. The highest BCUT2D eigenvalue weighted by Crippen LogP contribution is 2.20. The molecular formula is C14H16N2. The second-order valence-electron chi connectivity index (χ2n) is 3.85. The fourth-order valence-electron chi connectivity index (χ4n) is 1.67. The third-order valence-electron chi connectivity index (χ3n) is 2.78. The molecule has 0 amide bonds. The number of pyridine rings is 1. The summed E-state index contributed by atoms with van der Waals surface area (Å²) in [4.78, 5) is 4.35. The lowest BCUT2D eigenvalue weighted by atomic mass is 10.0. The summed E-state index contributed by atoms with van der Waals surface area (Å²) in [5.41, 5.74) is 3.47. The normalized spacial score (nSPS) is 12.4. The quantitative estimate of drug-likeness (QED) is 0.846. The van der Waals surface area contributed by atoms with Gasteiger partial charge in [0.05, 0.1) is 5.69 Å². The fourth-order valence-corrected chi connectivity index (χ4v) is 1.67. The predicted octanol–water partition coefficient (Wildman–Crippen LogP) is 3.03. The third kappa shape index (κ3) is 2.28. The molecule has 0 saturated carbocycles. The summed E-state index contributed by atoms with van der Waals surface area (Å²) in [5, 5.41) is 3.24. The third-order valence-corrected chi connectivity index (χ3v) is 2.78. The van der Waals surface area contributed by atoms with Crippen LogP contribution in [-0.2, 0) is 0 Å². The van der Waals surface area contributed by atoms with Gasteiger partial charge in [0.1, 0.15) is 0 Å². The summed E-state index contributed by atoms with van der Waals surface area (Å²) in [7, 11) is 1.97. The topological polar surface area (TPSA) is 24.9 Å². The van der Waals surface area contributed by atoms with Crippen molar-refractivity contribution in [3.63, 3.8) is 0 Å². The van der Waals surface area contributed by atoms with Crippen LogP contribution in [0.15, 0.2) is 48.7 Å². The predicted molar refractivity (Wildman–Crippen MR) is 67.1 cm³/mol. The van der Waals surface area contributed by atoms with Crippen LogP contribution in [0, 0.1) is 0 Å². The summed E-state index contributed by atoms with van der Waals surface area (Å²) in [6.45, 7) is 2.15. The lowest BCUT2D eigenvalue weighted by Crippen LogP contribution is -2.12. The molecular weight excluding hydrogens is 196 g/mol. The van der Waals surface area contributed by atoms with E-state index in [0.29, 0.717) is 6.04 Å². The number of hydrogen-bond acceptors (Lipinski definition) is 2. The first-order valence-electron chi connectivity index (χ1n) is 5.50. The Balaban J connectivity index is 2.36.